The number of aromatic carboxylic acids is 1. The van der Waals surface area contributed by atoms with Crippen molar-refractivity contribution in [3.05, 3.63) is 53.1 Å². The first-order chi connectivity index (χ1) is 10.6. The first kappa shape index (κ1) is 14.1. The van der Waals surface area contributed by atoms with Gasteiger partial charge in [-0.3, -0.25) is 0 Å². The Labute approximate surface area is 126 Å². The summed E-state index contributed by atoms with van der Waals surface area (Å²) in [5.41, 5.74) is 2.27. The van der Waals surface area contributed by atoms with E-state index < -0.39 is 12.1 Å². The van der Waals surface area contributed by atoms with Crippen molar-refractivity contribution in [2.75, 3.05) is 6.54 Å². The molecular formula is C15H15N3O4. The van der Waals surface area contributed by atoms with Crippen molar-refractivity contribution in [3.63, 3.8) is 0 Å². The minimum absolute atomic E-state index is 0.0931. The first-order valence-corrected chi connectivity index (χ1v) is 6.90. The molecular weight excluding hydrogens is 286 g/mol. The van der Waals surface area contributed by atoms with Crippen LogP contribution in [0.25, 0.3) is 0 Å². The van der Waals surface area contributed by atoms with E-state index in [9.17, 15) is 9.59 Å². The van der Waals surface area contributed by atoms with Crippen molar-refractivity contribution in [3.8, 4) is 0 Å². The molecule has 3 rings (SSSR count). The number of aromatic amines is 1. The van der Waals surface area contributed by atoms with Gasteiger partial charge in [0.2, 0.25) is 5.82 Å². The normalized spacial score (nSPS) is 13.5. The minimum atomic E-state index is -1.10. The number of hydrogen-bond acceptors (Lipinski definition) is 4. The third kappa shape index (κ3) is 2.93. The topological polar surface area (TPSA) is 95.5 Å². The molecule has 2 aromatic rings. The fourth-order valence-corrected chi connectivity index (χ4v) is 2.36. The summed E-state index contributed by atoms with van der Waals surface area (Å²) in [7, 11) is 0. The number of nitrogens with zero attached hydrogens (tertiary/aromatic N) is 2. The molecule has 1 aliphatic rings. The number of carboxylic acids is 1. The quantitative estimate of drug-likeness (QED) is 0.901. The van der Waals surface area contributed by atoms with Crippen LogP contribution in [0.5, 0.6) is 0 Å². The van der Waals surface area contributed by atoms with E-state index in [0.717, 1.165) is 5.56 Å². The molecule has 1 aromatic carbocycles. The number of fused-ring (bicyclic) bond motifs is 1. The molecule has 0 aliphatic carbocycles. The van der Waals surface area contributed by atoms with Crippen LogP contribution in [0, 0.1) is 0 Å². The molecule has 0 saturated carbocycles. The second-order valence-corrected chi connectivity index (χ2v) is 5.03. The van der Waals surface area contributed by atoms with Gasteiger partial charge in [-0.05, 0) is 5.56 Å². The van der Waals surface area contributed by atoms with E-state index >= 15 is 0 Å². The number of amides is 1. The van der Waals surface area contributed by atoms with Gasteiger partial charge < -0.3 is 19.7 Å². The van der Waals surface area contributed by atoms with Crippen molar-refractivity contribution in [2.24, 2.45) is 0 Å². The molecule has 0 spiro atoms. The minimum Gasteiger partial charge on any atom is -0.475 e. The highest BCUT2D eigenvalue weighted by molar-refractivity contribution is 5.83. The van der Waals surface area contributed by atoms with Crippen LogP contribution in [0.3, 0.4) is 0 Å². The maximum absolute atomic E-state index is 12.1. The number of aromatic nitrogens is 2. The molecule has 1 amide bonds. The Bertz CT molecular complexity index is 696. The number of rotatable bonds is 3. The lowest BCUT2D eigenvalue weighted by molar-refractivity contribution is 0.0684. The van der Waals surface area contributed by atoms with Crippen LogP contribution in [0.15, 0.2) is 30.3 Å². The third-order valence-electron chi connectivity index (χ3n) is 3.50. The van der Waals surface area contributed by atoms with Gasteiger partial charge in [-0.25, -0.2) is 14.6 Å². The molecule has 114 valence electrons. The maximum atomic E-state index is 12.1. The van der Waals surface area contributed by atoms with Crippen LogP contribution in [-0.2, 0) is 24.3 Å². The standard InChI is InChI=1S/C15H15N3O4/c19-14(20)13-16-11-6-7-18(8-12(11)17-13)15(21)22-9-10-4-2-1-3-5-10/h1-5H,6-9H2,(H,16,17)(H,19,20). The molecule has 0 unspecified atom stereocenters. The Kier molecular flexibility index (Phi) is 3.78. The van der Waals surface area contributed by atoms with Crippen molar-refractivity contribution >= 4 is 12.1 Å². The van der Waals surface area contributed by atoms with Crippen molar-refractivity contribution in [2.45, 2.75) is 19.6 Å². The van der Waals surface area contributed by atoms with E-state index in [1.807, 2.05) is 30.3 Å². The van der Waals surface area contributed by atoms with Gasteiger partial charge in [0, 0.05) is 13.0 Å². The van der Waals surface area contributed by atoms with Gasteiger partial charge in [-0.2, -0.15) is 0 Å². The van der Waals surface area contributed by atoms with Crippen molar-refractivity contribution in [1.82, 2.24) is 14.9 Å². The highest BCUT2D eigenvalue weighted by atomic mass is 16.6. The highest BCUT2D eigenvalue weighted by Gasteiger charge is 2.25. The van der Waals surface area contributed by atoms with Gasteiger partial charge in [0.15, 0.2) is 0 Å². The average Bonchev–Trinajstić information content (AvgIpc) is 2.97. The number of hydrogen-bond donors (Lipinski definition) is 2. The molecule has 0 radical (unpaired) electrons. The van der Waals surface area contributed by atoms with Crippen LogP contribution in [-0.4, -0.2) is 38.6 Å². The number of imidazole rings is 1. The summed E-state index contributed by atoms with van der Waals surface area (Å²) in [6.45, 7) is 0.958. The number of carboxylic acid groups (broad SMARTS) is 1. The molecule has 0 fully saturated rings. The van der Waals surface area contributed by atoms with Gasteiger partial charge in [-0.1, -0.05) is 30.3 Å². The number of nitrogens with one attached hydrogen (secondary N) is 1. The Balaban J connectivity index is 1.61. The summed E-state index contributed by atoms with van der Waals surface area (Å²) in [5.74, 6) is -1.20. The monoisotopic (exact) mass is 301 g/mol. The lowest BCUT2D eigenvalue weighted by atomic mass is 10.1. The molecule has 7 heteroatoms. The van der Waals surface area contributed by atoms with E-state index in [0.29, 0.717) is 24.4 Å². The summed E-state index contributed by atoms with van der Waals surface area (Å²) >= 11 is 0. The molecule has 1 aliphatic heterocycles. The third-order valence-corrected chi connectivity index (χ3v) is 3.50. The van der Waals surface area contributed by atoms with E-state index in [2.05, 4.69) is 9.97 Å². The predicted octanol–water partition coefficient (Wildman–Crippen LogP) is 1.80. The molecule has 0 saturated heterocycles. The predicted molar refractivity (Wildman–Crippen MR) is 76.3 cm³/mol. The fraction of sp³-hybridized carbons (Fsp3) is 0.267. The summed E-state index contributed by atoms with van der Waals surface area (Å²) in [4.78, 5) is 31.2. The zero-order valence-corrected chi connectivity index (χ0v) is 11.8. The molecule has 22 heavy (non-hydrogen) atoms. The zero-order valence-electron chi connectivity index (χ0n) is 11.8. The van der Waals surface area contributed by atoms with Gasteiger partial charge in [0.25, 0.3) is 0 Å². The Morgan fingerprint density at radius 2 is 2.09 bits per heavy atom. The van der Waals surface area contributed by atoms with Gasteiger partial charge >= 0.3 is 12.1 Å². The first-order valence-electron chi connectivity index (χ1n) is 6.90. The molecule has 2 N–H and O–H groups in total. The van der Waals surface area contributed by atoms with Gasteiger partial charge in [0.05, 0.1) is 17.9 Å². The number of benzene rings is 1. The Morgan fingerprint density at radius 1 is 1.32 bits per heavy atom. The van der Waals surface area contributed by atoms with E-state index in [4.69, 9.17) is 9.84 Å². The average molecular weight is 301 g/mol. The highest BCUT2D eigenvalue weighted by Crippen LogP contribution is 2.18. The maximum Gasteiger partial charge on any atom is 0.410 e. The van der Waals surface area contributed by atoms with E-state index in [1.165, 1.54) is 4.90 Å². The molecule has 0 bridgehead atoms. The van der Waals surface area contributed by atoms with Gasteiger partial charge in [-0.15, -0.1) is 0 Å². The number of H-pyrrole nitrogens is 1. The fourth-order valence-electron chi connectivity index (χ4n) is 2.36. The number of carbonyl (C=O) groups excluding carboxylic acids is 1. The lowest BCUT2D eigenvalue weighted by Gasteiger charge is -2.25. The molecule has 1 aromatic heterocycles. The molecule has 7 nitrogen and oxygen atoms in total. The van der Waals surface area contributed by atoms with Crippen molar-refractivity contribution in [1.29, 1.82) is 0 Å². The van der Waals surface area contributed by atoms with Crippen LogP contribution in [0.1, 0.15) is 27.6 Å². The number of carbonyl (C=O) groups is 2. The smallest absolute Gasteiger partial charge is 0.410 e. The van der Waals surface area contributed by atoms with E-state index in [-0.39, 0.29) is 19.0 Å². The molecule has 2 heterocycles. The lowest BCUT2D eigenvalue weighted by Crippen LogP contribution is -2.36. The van der Waals surface area contributed by atoms with Crippen LogP contribution < -0.4 is 0 Å². The second kappa shape index (κ2) is 5.88. The SMILES string of the molecule is O=C(O)c1nc2c([nH]1)CN(C(=O)OCc1ccccc1)CC2. The summed E-state index contributed by atoms with van der Waals surface area (Å²) in [5, 5.41) is 8.92. The van der Waals surface area contributed by atoms with Crippen LogP contribution in [0.2, 0.25) is 0 Å². The Morgan fingerprint density at radius 3 is 2.82 bits per heavy atom. The van der Waals surface area contributed by atoms with Crippen LogP contribution >= 0.6 is 0 Å². The van der Waals surface area contributed by atoms with E-state index in [1.54, 1.807) is 0 Å². The Hall–Kier alpha value is -2.83. The number of ether oxygens (including phenoxy) is 1. The van der Waals surface area contributed by atoms with Crippen LogP contribution in [0.4, 0.5) is 4.79 Å². The summed E-state index contributed by atoms with van der Waals surface area (Å²) in [6.07, 6.45) is 0.0977. The zero-order chi connectivity index (χ0) is 15.5. The second-order valence-electron chi connectivity index (χ2n) is 5.03. The van der Waals surface area contributed by atoms with Crippen molar-refractivity contribution < 1.29 is 19.4 Å². The summed E-state index contributed by atoms with van der Waals surface area (Å²) in [6, 6.07) is 9.43. The largest absolute Gasteiger partial charge is 0.475 e. The molecule has 0 atom stereocenters. The van der Waals surface area contributed by atoms with Gasteiger partial charge in [0.1, 0.15) is 6.61 Å². The summed E-state index contributed by atoms with van der Waals surface area (Å²) < 4.78 is 5.27.